The van der Waals surface area contributed by atoms with Crippen LogP contribution in [-0.4, -0.2) is 30.6 Å². The zero-order valence-electron chi connectivity index (χ0n) is 13.9. The molecular weight excluding hydrogens is 277 g/mol. The van der Waals surface area contributed by atoms with Crippen molar-refractivity contribution in [3.63, 3.8) is 0 Å². The van der Waals surface area contributed by atoms with E-state index in [4.69, 9.17) is 0 Å². The van der Waals surface area contributed by atoms with Gasteiger partial charge in [0.15, 0.2) is 0 Å². The van der Waals surface area contributed by atoms with Crippen molar-refractivity contribution in [2.24, 2.45) is 0 Å². The van der Waals surface area contributed by atoms with E-state index in [0.29, 0.717) is 0 Å². The molecule has 1 saturated heterocycles. The fraction of sp³-hybridized carbons (Fsp3) is 0.611. The number of anilines is 1. The number of amides is 1. The average molecular weight is 306 g/mol. The van der Waals surface area contributed by atoms with E-state index < -0.39 is 7.26 Å². The first-order valence-electron chi connectivity index (χ1n) is 8.19. The number of rotatable bonds is 5. The molecule has 1 N–H and O–H groups in total. The van der Waals surface area contributed by atoms with Crippen molar-refractivity contribution in [3.05, 3.63) is 29.3 Å². The Kier molecular flexibility index (Phi) is 5.43. The number of aryl methyl sites for hydroxylation is 2. The fourth-order valence-electron chi connectivity index (χ4n) is 3.59. The van der Waals surface area contributed by atoms with Gasteiger partial charge < -0.3 is 5.32 Å². The lowest BCUT2D eigenvalue weighted by molar-refractivity contribution is -0.116. The Bertz CT molecular complexity index is 486. The monoisotopic (exact) mass is 306 g/mol. The molecule has 1 aromatic rings. The van der Waals surface area contributed by atoms with E-state index in [1.807, 2.05) is 0 Å². The van der Waals surface area contributed by atoms with E-state index in [0.717, 1.165) is 29.7 Å². The van der Waals surface area contributed by atoms with Crippen LogP contribution < -0.4 is 5.32 Å². The summed E-state index contributed by atoms with van der Waals surface area (Å²) in [6, 6.07) is 6.20. The van der Waals surface area contributed by atoms with Gasteiger partial charge in [-0.3, -0.25) is 4.79 Å². The van der Waals surface area contributed by atoms with Gasteiger partial charge in [-0.1, -0.05) is 31.5 Å². The summed E-state index contributed by atoms with van der Waals surface area (Å²) in [6.07, 6.45) is 7.39. The van der Waals surface area contributed by atoms with Crippen LogP contribution in [0.4, 0.5) is 5.69 Å². The second-order valence-corrected chi connectivity index (χ2v) is 11.2. The molecule has 0 bridgehead atoms. The normalized spacial score (nSPS) is 18.5. The molecule has 2 rings (SSSR count). The molecule has 0 aromatic heterocycles. The summed E-state index contributed by atoms with van der Waals surface area (Å²) < 4.78 is 0. The minimum atomic E-state index is -1.08. The summed E-state index contributed by atoms with van der Waals surface area (Å²) in [5.74, 6) is 0.270. The first-order valence-corrected chi connectivity index (χ1v) is 10.9. The highest BCUT2D eigenvalue weighted by atomic mass is 31.2. The number of carbonyl (C=O) groups excluding carboxylic acids is 1. The van der Waals surface area contributed by atoms with E-state index in [9.17, 15) is 4.79 Å². The van der Waals surface area contributed by atoms with Crippen LogP contribution in [-0.2, 0) is 4.79 Å². The van der Waals surface area contributed by atoms with Crippen molar-refractivity contribution in [1.29, 1.82) is 0 Å². The van der Waals surface area contributed by atoms with E-state index >= 15 is 0 Å². The zero-order valence-corrected chi connectivity index (χ0v) is 14.8. The summed E-state index contributed by atoms with van der Waals surface area (Å²) in [6.45, 7) is 8.76. The van der Waals surface area contributed by atoms with Gasteiger partial charge in [-0.2, -0.15) is 0 Å². The molecule has 1 unspecified atom stereocenters. The lowest BCUT2D eigenvalue weighted by atomic mass is 10.1. The maximum atomic E-state index is 12.9. The van der Waals surface area contributed by atoms with Crippen LogP contribution >= 0.6 is 7.26 Å². The van der Waals surface area contributed by atoms with Gasteiger partial charge in [0.1, 0.15) is 5.66 Å². The summed E-state index contributed by atoms with van der Waals surface area (Å²) in [5, 5.41) is 3.25. The minimum Gasteiger partial charge on any atom is -0.322 e. The number of carbonyl (C=O) groups is 1. The summed E-state index contributed by atoms with van der Waals surface area (Å²) >= 11 is 0. The van der Waals surface area contributed by atoms with Gasteiger partial charge in [0, 0.05) is 19.6 Å². The Hall–Kier alpha value is -0.880. The second-order valence-electron chi connectivity index (χ2n) is 6.69. The molecule has 0 aliphatic carbocycles. The molecule has 1 fully saturated rings. The molecule has 3 heteroatoms. The van der Waals surface area contributed by atoms with Crippen molar-refractivity contribution in [1.82, 2.24) is 0 Å². The summed E-state index contributed by atoms with van der Waals surface area (Å²) in [7, 11) is -1.08. The molecule has 1 aliphatic heterocycles. The molecule has 1 amide bonds. The SMILES string of the molecule is CCCC(C(=O)Nc1c(C)cccc1C)[P+]1(C)CCCC1. The molecule has 0 saturated carbocycles. The number of hydrogen-bond donors (Lipinski definition) is 1. The van der Waals surface area contributed by atoms with Gasteiger partial charge in [-0.25, -0.2) is 0 Å². The minimum absolute atomic E-state index is 0.254. The Morgan fingerprint density at radius 3 is 2.33 bits per heavy atom. The van der Waals surface area contributed by atoms with Gasteiger partial charge in [0.05, 0.1) is 12.3 Å². The van der Waals surface area contributed by atoms with E-state index in [2.05, 4.69) is 51.0 Å². The Morgan fingerprint density at radius 2 is 1.81 bits per heavy atom. The van der Waals surface area contributed by atoms with E-state index in [-0.39, 0.29) is 11.6 Å². The van der Waals surface area contributed by atoms with Crippen molar-refractivity contribution < 1.29 is 4.79 Å². The highest BCUT2D eigenvalue weighted by Gasteiger charge is 2.47. The molecule has 21 heavy (non-hydrogen) atoms. The summed E-state index contributed by atoms with van der Waals surface area (Å²) in [4.78, 5) is 12.9. The first kappa shape index (κ1) is 16.5. The van der Waals surface area contributed by atoms with Crippen LogP contribution in [0.1, 0.15) is 43.7 Å². The number of hydrogen-bond acceptors (Lipinski definition) is 1. The Labute approximate surface area is 130 Å². The van der Waals surface area contributed by atoms with Gasteiger partial charge in [0.2, 0.25) is 0 Å². The molecule has 1 atom stereocenters. The predicted molar refractivity (Wildman–Crippen MR) is 95.1 cm³/mol. The number of nitrogens with one attached hydrogen (secondary N) is 1. The van der Waals surface area contributed by atoms with E-state index in [1.165, 1.54) is 25.2 Å². The van der Waals surface area contributed by atoms with Crippen molar-refractivity contribution in [3.8, 4) is 0 Å². The standard InChI is InChI=1S/C18H28NOP/c1-5-9-16(21(4)12-6-7-13-21)18(20)19-17-14(2)10-8-11-15(17)3/h8,10-11,16H,5-7,9,12-13H2,1-4H3/p+1. The zero-order chi connectivity index (χ0) is 15.5. The average Bonchev–Trinajstić information content (AvgIpc) is 2.88. The highest BCUT2D eigenvalue weighted by molar-refractivity contribution is 7.77. The van der Waals surface area contributed by atoms with E-state index in [1.54, 1.807) is 0 Å². The van der Waals surface area contributed by atoms with Crippen molar-refractivity contribution in [2.45, 2.75) is 52.1 Å². The van der Waals surface area contributed by atoms with Crippen LogP contribution in [0, 0.1) is 13.8 Å². The van der Waals surface area contributed by atoms with Gasteiger partial charge >= 0.3 is 0 Å². The van der Waals surface area contributed by atoms with Crippen LogP contribution in [0.25, 0.3) is 0 Å². The van der Waals surface area contributed by atoms with Crippen LogP contribution in [0.2, 0.25) is 0 Å². The van der Waals surface area contributed by atoms with Gasteiger partial charge in [-0.05, 0) is 44.2 Å². The van der Waals surface area contributed by atoms with Crippen LogP contribution in [0.5, 0.6) is 0 Å². The van der Waals surface area contributed by atoms with Gasteiger partial charge in [0.25, 0.3) is 5.91 Å². The largest absolute Gasteiger partial charge is 0.322 e. The topological polar surface area (TPSA) is 29.1 Å². The Morgan fingerprint density at radius 1 is 1.24 bits per heavy atom. The Balaban J connectivity index is 2.19. The second kappa shape index (κ2) is 6.92. The molecule has 1 aliphatic rings. The molecule has 0 radical (unpaired) electrons. The van der Waals surface area contributed by atoms with Crippen LogP contribution in [0.3, 0.4) is 0 Å². The molecule has 1 aromatic carbocycles. The molecule has 0 spiro atoms. The smallest absolute Gasteiger partial charge is 0.265 e. The van der Waals surface area contributed by atoms with Crippen LogP contribution in [0.15, 0.2) is 18.2 Å². The quantitative estimate of drug-likeness (QED) is 0.774. The molecule has 2 nitrogen and oxygen atoms in total. The first-order chi connectivity index (χ1) is 9.98. The highest BCUT2D eigenvalue weighted by Crippen LogP contribution is 2.65. The van der Waals surface area contributed by atoms with Crippen molar-refractivity contribution in [2.75, 3.05) is 24.3 Å². The number of benzene rings is 1. The molecule has 116 valence electrons. The maximum absolute atomic E-state index is 12.9. The molecule has 1 heterocycles. The maximum Gasteiger partial charge on any atom is 0.265 e. The van der Waals surface area contributed by atoms with Gasteiger partial charge in [-0.15, -0.1) is 0 Å². The third-order valence-corrected chi connectivity index (χ3v) is 9.61. The third-order valence-electron chi connectivity index (χ3n) is 4.93. The van der Waals surface area contributed by atoms with Crippen molar-refractivity contribution >= 4 is 18.9 Å². The predicted octanol–water partition coefficient (Wildman–Crippen LogP) is 4.85. The summed E-state index contributed by atoms with van der Waals surface area (Å²) in [5.41, 5.74) is 3.60. The molecular formula is C18H29NOP+. The number of para-hydroxylation sites is 1. The fourth-order valence-corrected chi connectivity index (χ4v) is 7.84. The third kappa shape index (κ3) is 3.66. The lowest BCUT2D eigenvalue weighted by Gasteiger charge is -2.27. The lowest BCUT2D eigenvalue weighted by Crippen LogP contribution is -2.31.